The van der Waals surface area contributed by atoms with Crippen molar-refractivity contribution < 1.29 is 0 Å². The maximum absolute atomic E-state index is 3.96. The van der Waals surface area contributed by atoms with Gasteiger partial charge in [0, 0.05) is 0 Å². The molecule has 0 spiro atoms. The van der Waals surface area contributed by atoms with E-state index in [2.05, 4.69) is 141 Å². The van der Waals surface area contributed by atoms with Crippen molar-refractivity contribution in [2.24, 2.45) is 0 Å². The highest BCUT2D eigenvalue weighted by Gasteiger charge is 2.22. The minimum atomic E-state index is 1.19. The maximum atomic E-state index is 3.96. The van der Waals surface area contributed by atoms with Crippen LogP contribution in [0.25, 0.3) is 70.6 Å². The molecular weight excluding hydrogens is 468 g/mol. The molecule has 0 heteroatoms. The average Bonchev–Trinajstić information content (AvgIpc) is 3.00. The molecular formula is C39H28. The number of fused-ring (bicyclic) bond motifs is 8. The second-order valence-corrected chi connectivity index (χ2v) is 10.0. The van der Waals surface area contributed by atoms with Gasteiger partial charge in [-0.3, -0.25) is 0 Å². The molecule has 0 fully saturated rings. The van der Waals surface area contributed by atoms with Crippen molar-refractivity contribution in [2.45, 2.75) is 6.92 Å². The Bertz CT molecular complexity index is 2120. The number of benzene rings is 7. The van der Waals surface area contributed by atoms with Crippen LogP contribution in [-0.4, -0.2) is 0 Å². The third kappa shape index (κ3) is 3.60. The molecule has 0 heterocycles. The number of hydrogen-bond donors (Lipinski definition) is 0. The van der Waals surface area contributed by atoms with Crippen LogP contribution in [0.3, 0.4) is 0 Å². The average molecular weight is 497 g/mol. The van der Waals surface area contributed by atoms with Gasteiger partial charge in [-0.05, 0) is 95.2 Å². The molecule has 7 aromatic rings. The largest absolute Gasteiger partial charge is 0.0991 e. The van der Waals surface area contributed by atoms with Gasteiger partial charge < -0.3 is 0 Å². The Kier molecular flexibility index (Phi) is 5.60. The minimum absolute atomic E-state index is 1.19. The Morgan fingerprint density at radius 1 is 0.564 bits per heavy atom. The van der Waals surface area contributed by atoms with Gasteiger partial charge in [0.25, 0.3) is 0 Å². The van der Waals surface area contributed by atoms with Crippen molar-refractivity contribution in [2.75, 3.05) is 0 Å². The summed E-state index contributed by atoms with van der Waals surface area (Å²) in [6, 6.07) is 42.2. The molecule has 0 aliphatic heterocycles. The van der Waals surface area contributed by atoms with E-state index >= 15 is 0 Å². The molecule has 0 saturated heterocycles. The Labute approximate surface area is 228 Å². The highest BCUT2D eigenvalue weighted by Crippen LogP contribution is 2.48. The predicted octanol–water partition coefficient (Wildman–Crippen LogP) is 11.3. The lowest BCUT2D eigenvalue weighted by Crippen LogP contribution is -1.96. The molecule has 0 nitrogen and oxygen atoms in total. The van der Waals surface area contributed by atoms with Gasteiger partial charge in [-0.15, -0.1) is 0 Å². The first-order valence-corrected chi connectivity index (χ1v) is 13.5. The van der Waals surface area contributed by atoms with E-state index in [9.17, 15) is 0 Å². The van der Waals surface area contributed by atoms with Gasteiger partial charge in [-0.2, -0.15) is 0 Å². The van der Waals surface area contributed by atoms with Crippen LogP contribution in [0.15, 0.2) is 146 Å². The molecule has 0 unspecified atom stereocenters. The Hall–Kier alpha value is -4.94. The lowest BCUT2D eigenvalue weighted by Gasteiger charge is -2.22. The molecule has 0 aromatic heterocycles. The van der Waals surface area contributed by atoms with Gasteiger partial charge in [-0.1, -0.05) is 134 Å². The zero-order valence-corrected chi connectivity index (χ0v) is 22.0. The third-order valence-corrected chi connectivity index (χ3v) is 7.93. The van der Waals surface area contributed by atoms with E-state index in [0.29, 0.717) is 0 Å². The minimum Gasteiger partial charge on any atom is -0.0991 e. The quantitative estimate of drug-likeness (QED) is 0.129. The van der Waals surface area contributed by atoms with Crippen LogP contribution >= 0.6 is 0 Å². The fourth-order valence-corrected chi connectivity index (χ4v) is 6.28. The zero-order valence-electron chi connectivity index (χ0n) is 22.0. The molecule has 0 aliphatic carbocycles. The molecule has 39 heavy (non-hydrogen) atoms. The third-order valence-electron chi connectivity index (χ3n) is 7.93. The van der Waals surface area contributed by atoms with Crippen LogP contribution in [-0.2, 0) is 0 Å². The van der Waals surface area contributed by atoms with Gasteiger partial charge in [0.1, 0.15) is 0 Å². The molecule has 0 aliphatic rings. The van der Waals surface area contributed by atoms with E-state index in [0.717, 1.165) is 0 Å². The second-order valence-electron chi connectivity index (χ2n) is 10.0. The highest BCUT2D eigenvalue weighted by atomic mass is 14.2. The summed E-state index contributed by atoms with van der Waals surface area (Å²) in [4.78, 5) is 0. The Morgan fingerprint density at radius 3 is 1.72 bits per heavy atom. The molecule has 0 amide bonds. The number of allylic oxidation sites excluding steroid dienone is 5. The fraction of sp³-hybridized carbons (Fsp3) is 0.0256. The van der Waals surface area contributed by atoms with Gasteiger partial charge in [-0.25, -0.2) is 0 Å². The van der Waals surface area contributed by atoms with Crippen LogP contribution < -0.4 is 0 Å². The molecule has 0 radical (unpaired) electrons. The van der Waals surface area contributed by atoms with Crippen LogP contribution in [0.1, 0.15) is 12.5 Å². The van der Waals surface area contributed by atoms with E-state index in [1.165, 1.54) is 76.1 Å². The first kappa shape index (κ1) is 23.2. The first-order chi connectivity index (χ1) is 19.3. The van der Waals surface area contributed by atoms with Crippen molar-refractivity contribution in [3.05, 3.63) is 152 Å². The standard InChI is InChI=1S/C39H28/c1-3-5-15-26(4-2)36-34-24-28-18-9-10-19-29(28)25-35(34)37(27-16-7-6-8-17-27)39-33-23-14-12-21-31(33)30-20-11-13-22-32(30)38(36)39/h3-25H,1H2,2H3/b15-5-,26-4+. The second kappa shape index (κ2) is 9.42. The van der Waals surface area contributed by atoms with E-state index in [1.807, 2.05) is 12.2 Å². The van der Waals surface area contributed by atoms with Crippen molar-refractivity contribution in [3.8, 4) is 11.1 Å². The molecule has 0 saturated carbocycles. The lowest BCUT2D eigenvalue weighted by atomic mass is 9.80. The summed E-state index contributed by atoms with van der Waals surface area (Å²) in [5, 5.41) is 12.8. The molecule has 7 aromatic carbocycles. The van der Waals surface area contributed by atoms with Crippen LogP contribution in [0, 0.1) is 0 Å². The van der Waals surface area contributed by atoms with Crippen molar-refractivity contribution in [1.29, 1.82) is 0 Å². The number of rotatable bonds is 4. The van der Waals surface area contributed by atoms with Crippen molar-refractivity contribution >= 4 is 59.4 Å². The van der Waals surface area contributed by atoms with E-state index < -0.39 is 0 Å². The highest BCUT2D eigenvalue weighted by molar-refractivity contribution is 6.35. The SMILES string of the molecule is C=C/C=C\C(=C/C)c1c2cc3ccccc3cc2c(-c2ccccc2)c2c3ccccc3c3ccccc3c12. The van der Waals surface area contributed by atoms with Gasteiger partial charge in [0.15, 0.2) is 0 Å². The van der Waals surface area contributed by atoms with Gasteiger partial charge >= 0.3 is 0 Å². The molecule has 0 N–H and O–H groups in total. The summed E-state index contributed by atoms with van der Waals surface area (Å²) in [5.74, 6) is 0. The first-order valence-electron chi connectivity index (χ1n) is 13.5. The van der Waals surface area contributed by atoms with Gasteiger partial charge in [0.2, 0.25) is 0 Å². The smallest absolute Gasteiger partial charge is 0.000764 e. The summed E-state index contributed by atoms with van der Waals surface area (Å²) < 4.78 is 0. The Morgan fingerprint density at radius 2 is 1.10 bits per heavy atom. The van der Waals surface area contributed by atoms with Crippen molar-refractivity contribution in [1.82, 2.24) is 0 Å². The zero-order chi connectivity index (χ0) is 26.3. The van der Waals surface area contributed by atoms with E-state index in [-0.39, 0.29) is 0 Å². The maximum Gasteiger partial charge on any atom is -0.000764 e. The molecule has 0 bridgehead atoms. The predicted molar refractivity (Wildman–Crippen MR) is 172 cm³/mol. The number of hydrogen-bond acceptors (Lipinski definition) is 0. The summed E-state index contributed by atoms with van der Waals surface area (Å²) in [6.45, 7) is 6.09. The van der Waals surface area contributed by atoms with Crippen LogP contribution in [0.5, 0.6) is 0 Å². The van der Waals surface area contributed by atoms with Crippen LogP contribution in [0.2, 0.25) is 0 Å². The topological polar surface area (TPSA) is 0 Å². The summed E-state index contributed by atoms with van der Waals surface area (Å²) in [6.07, 6.45) is 8.33. The fourth-order valence-electron chi connectivity index (χ4n) is 6.28. The lowest BCUT2D eigenvalue weighted by molar-refractivity contribution is 1.67. The monoisotopic (exact) mass is 496 g/mol. The molecule has 7 rings (SSSR count). The van der Waals surface area contributed by atoms with E-state index in [4.69, 9.17) is 0 Å². The molecule has 0 atom stereocenters. The van der Waals surface area contributed by atoms with E-state index in [1.54, 1.807) is 0 Å². The van der Waals surface area contributed by atoms with Crippen LogP contribution in [0.4, 0.5) is 0 Å². The normalized spacial score (nSPS) is 12.4. The summed E-state index contributed by atoms with van der Waals surface area (Å²) >= 11 is 0. The summed E-state index contributed by atoms with van der Waals surface area (Å²) in [5.41, 5.74) is 4.99. The summed E-state index contributed by atoms with van der Waals surface area (Å²) in [7, 11) is 0. The van der Waals surface area contributed by atoms with Gasteiger partial charge in [0.05, 0.1) is 0 Å². The molecule has 184 valence electrons. The van der Waals surface area contributed by atoms with Crippen molar-refractivity contribution in [3.63, 3.8) is 0 Å². The Balaban J connectivity index is 1.89.